The Morgan fingerprint density at radius 2 is 1.89 bits per heavy atom. The minimum Gasteiger partial charge on any atom is -0.465 e. The average Bonchev–Trinajstić information content (AvgIpc) is 2.93. The Morgan fingerprint density at radius 3 is 2.57 bits per heavy atom. The summed E-state index contributed by atoms with van der Waals surface area (Å²) in [6, 6.07) is 1.91. The molecule has 0 radical (unpaired) electrons. The first-order valence-electron chi connectivity index (χ1n) is 8.86. The molecule has 0 fully saturated rings. The molecule has 1 aliphatic carbocycles. The van der Waals surface area contributed by atoms with Gasteiger partial charge in [0, 0.05) is 15.4 Å². The summed E-state index contributed by atoms with van der Waals surface area (Å²) in [5.41, 5.74) is 1.52. The van der Waals surface area contributed by atoms with Gasteiger partial charge < -0.3 is 15.4 Å². The van der Waals surface area contributed by atoms with E-state index in [1.54, 1.807) is 0 Å². The van der Waals surface area contributed by atoms with Gasteiger partial charge in [0.1, 0.15) is 10.8 Å². The molecule has 9 heteroatoms. The van der Waals surface area contributed by atoms with Gasteiger partial charge in [-0.25, -0.2) is 13.6 Å². The normalized spacial score (nSPS) is 13.9. The zero-order valence-corrected chi connectivity index (χ0v) is 18.4. The maximum atomic E-state index is 14.1. The second-order valence-electron chi connectivity index (χ2n) is 6.44. The van der Waals surface area contributed by atoms with E-state index in [9.17, 15) is 13.6 Å². The van der Waals surface area contributed by atoms with Crippen LogP contribution in [-0.4, -0.2) is 18.2 Å². The lowest BCUT2D eigenvalue weighted by Crippen LogP contribution is -2.21. The number of fused-ring (bicyclic) bond motifs is 1. The topological polar surface area (TPSA) is 50.4 Å². The number of rotatable bonds is 3. The molecule has 0 aliphatic heterocycles. The quantitative estimate of drug-likeness (QED) is 0.407. The summed E-state index contributed by atoms with van der Waals surface area (Å²) in [7, 11) is 1.35. The lowest BCUT2D eigenvalue weighted by molar-refractivity contribution is 0.0601. The van der Waals surface area contributed by atoms with E-state index in [0.717, 1.165) is 54.7 Å². The fraction of sp³-hybridized carbons (Fsp3) is 0.368. The van der Waals surface area contributed by atoms with Crippen LogP contribution in [0.4, 0.5) is 19.5 Å². The lowest BCUT2D eigenvalue weighted by Gasteiger charge is -2.13. The van der Waals surface area contributed by atoms with Gasteiger partial charge >= 0.3 is 5.97 Å². The predicted molar refractivity (Wildman–Crippen MR) is 115 cm³/mol. The highest BCUT2D eigenvalue weighted by molar-refractivity contribution is 9.10. The van der Waals surface area contributed by atoms with Gasteiger partial charge in [-0.05, 0) is 65.5 Å². The molecule has 0 spiro atoms. The summed E-state index contributed by atoms with van der Waals surface area (Å²) in [6.07, 6.45) is 6.12. The standard InChI is InChI=1S/C19H19BrF2N2O2S2/c1-26-18(25)15-11-6-4-2-3-5-7-14(11)28-17(15)24-19(27)23-16-12(20)8-10(21)9-13(16)22/h8-9H,2-7H2,1H3,(H2,23,24,27). The van der Waals surface area contributed by atoms with E-state index in [1.807, 2.05) is 0 Å². The van der Waals surface area contributed by atoms with Gasteiger partial charge in [-0.15, -0.1) is 11.3 Å². The molecule has 0 saturated heterocycles. The van der Waals surface area contributed by atoms with Gasteiger partial charge in [0.25, 0.3) is 0 Å². The molecule has 1 aliphatic rings. The number of benzene rings is 1. The molecule has 0 atom stereocenters. The number of esters is 1. The van der Waals surface area contributed by atoms with Crippen molar-refractivity contribution in [3.63, 3.8) is 0 Å². The lowest BCUT2D eigenvalue weighted by atomic mass is 9.96. The molecule has 2 N–H and O–H groups in total. The number of anilines is 2. The second kappa shape index (κ2) is 9.28. The van der Waals surface area contributed by atoms with Crippen LogP contribution in [0.2, 0.25) is 0 Å². The Labute approximate surface area is 179 Å². The van der Waals surface area contributed by atoms with Crippen LogP contribution in [-0.2, 0) is 17.6 Å². The average molecular weight is 489 g/mol. The predicted octanol–water partition coefficient (Wildman–Crippen LogP) is 6.04. The molecule has 0 amide bonds. The fourth-order valence-electron chi connectivity index (χ4n) is 3.24. The largest absolute Gasteiger partial charge is 0.465 e. The molecule has 3 rings (SSSR count). The Hall–Kier alpha value is -1.58. The van der Waals surface area contributed by atoms with Crippen LogP contribution in [0.15, 0.2) is 16.6 Å². The minimum absolute atomic E-state index is 0.0217. The highest BCUT2D eigenvalue weighted by atomic mass is 79.9. The van der Waals surface area contributed by atoms with E-state index < -0.39 is 17.6 Å². The minimum atomic E-state index is -0.775. The van der Waals surface area contributed by atoms with Gasteiger partial charge in [0.05, 0.1) is 18.4 Å². The summed E-state index contributed by atoms with van der Waals surface area (Å²) >= 11 is 9.89. The smallest absolute Gasteiger partial charge is 0.341 e. The number of carbonyl (C=O) groups is 1. The summed E-state index contributed by atoms with van der Waals surface area (Å²) in [4.78, 5) is 13.6. The third-order valence-electron chi connectivity index (χ3n) is 4.53. The molecule has 1 aromatic heterocycles. The van der Waals surface area contributed by atoms with Crippen LogP contribution in [0.5, 0.6) is 0 Å². The van der Waals surface area contributed by atoms with Crippen LogP contribution in [0.25, 0.3) is 0 Å². The van der Waals surface area contributed by atoms with Crippen LogP contribution in [0.3, 0.4) is 0 Å². The number of ether oxygens (including phenoxy) is 1. The molecule has 0 saturated carbocycles. The van der Waals surface area contributed by atoms with Crippen molar-refractivity contribution in [3.05, 3.63) is 44.2 Å². The van der Waals surface area contributed by atoms with Crippen molar-refractivity contribution in [2.24, 2.45) is 0 Å². The Balaban J connectivity index is 1.88. The Morgan fingerprint density at radius 1 is 1.18 bits per heavy atom. The summed E-state index contributed by atoms with van der Waals surface area (Å²) in [6.45, 7) is 0. The van der Waals surface area contributed by atoms with Gasteiger partial charge in [-0.2, -0.15) is 0 Å². The molecule has 1 heterocycles. The zero-order valence-electron chi connectivity index (χ0n) is 15.2. The van der Waals surface area contributed by atoms with Crippen molar-refractivity contribution in [1.82, 2.24) is 0 Å². The van der Waals surface area contributed by atoms with Crippen molar-refractivity contribution in [3.8, 4) is 0 Å². The molecular weight excluding hydrogens is 470 g/mol. The van der Waals surface area contributed by atoms with Crippen molar-refractivity contribution in [1.29, 1.82) is 0 Å². The van der Waals surface area contributed by atoms with E-state index in [4.69, 9.17) is 17.0 Å². The van der Waals surface area contributed by atoms with Crippen molar-refractivity contribution < 1.29 is 18.3 Å². The molecule has 4 nitrogen and oxygen atoms in total. The second-order valence-corrected chi connectivity index (χ2v) is 8.81. The third-order valence-corrected chi connectivity index (χ3v) is 6.57. The molecular formula is C19H19BrF2N2O2S2. The monoisotopic (exact) mass is 488 g/mol. The summed E-state index contributed by atoms with van der Waals surface area (Å²) < 4.78 is 32.5. The number of thiocarbonyl (C=S) groups is 1. The molecule has 1 aromatic carbocycles. The SMILES string of the molecule is COC(=O)c1c(NC(=S)Nc2c(F)cc(F)cc2Br)sc2c1CCCCCC2. The van der Waals surface area contributed by atoms with Gasteiger partial charge in [0.2, 0.25) is 0 Å². The summed E-state index contributed by atoms with van der Waals surface area (Å²) in [5.74, 6) is -1.89. The van der Waals surface area contributed by atoms with Crippen LogP contribution in [0.1, 0.15) is 46.5 Å². The molecule has 2 aromatic rings. The van der Waals surface area contributed by atoms with E-state index >= 15 is 0 Å². The highest BCUT2D eigenvalue weighted by Crippen LogP contribution is 2.38. The van der Waals surface area contributed by atoms with Crippen LogP contribution in [0, 0.1) is 11.6 Å². The third kappa shape index (κ3) is 4.69. The Bertz CT molecular complexity index is 895. The van der Waals surface area contributed by atoms with Crippen molar-refractivity contribution in [2.75, 3.05) is 17.7 Å². The number of nitrogens with one attached hydrogen (secondary N) is 2. The van der Waals surface area contributed by atoms with Gasteiger partial charge in [0.15, 0.2) is 10.9 Å². The first kappa shape index (κ1) is 21.1. The molecule has 28 heavy (non-hydrogen) atoms. The van der Waals surface area contributed by atoms with Crippen molar-refractivity contribution >= 4 is 61.3 Å². The molecule has 150 valence electrons. The van der Waals surface area contributed by atoms with Crippen LogP contribution >= 0.6 is 39.5 Å². The zero-order chi connectivity index (χ0) is 20.3. The van der Waals surface area contributed by atoms with E-state index in [2.05, 4.69) is 26.6 Å². The number of hydrogen-bond acceptors (Lipinski definition) is 4. The maximum absolute atomic E-state index is 14.1. The fourth-order valence-corrected chi connectivity index (χ4v) is 5.29. The number of aryl methyl sites for hydroxylation is 1. The number of carbonyl (C=O) groups excluding carboxylic acids is 1. The number of hydrogen-bond donors (Lipinski definition) is 2. The number of halogens is 3. The highest BCUT2D eigenvalue weighted by Gasteiger charge is 2.25. The van der Waals surface area contributed by atoms with Gasteiger partial charge in [-0.3, -0.25) is 0 Å². The first-order valence-corrected chi connectivity index (χ1v) is 10.9. The van der Waals surface area contributed by atoms with E-state index in [0.29, 0.717) is 10.6 Å². The Kier molecular flexibility index (Phi) is 7.00. The maximum Gasteiger partial charge on any atom is 0.341 e. The molecule has 0 unspecified atom stereocenters. The number of thiophene rings is 1. The van der Waals surface area contributed by atoms with Crippen LogP contribution < -0.4 is 10.6 Å². The van der Waals surface area contributed by atoms with Gasteiger partial charge in [-0.1, -0.05) is 12.8 Å². The van der Waals surface area contributed by atoms with E-state index in [-0.39, 0.29) is 15.3 Å². The first-order chi connectivity index (χ1) is 13.4. The molecule has 0 bridgehead atoms. The van der Waals surface area contributed by atoms with Crippen molar-refractivity contribution in [2.45, 2.75) is 38.5 Å². The number of methoxy groups -OCH3 is 1. The van der Waals surface area contributed by atoms with E-state index in [1.165, 1.54) is 24.9 Å². The summed E-state index contributed by atoms with van der Waals surface area (Å²) in [5, 5.41) is 6.41.